The zero-order valence-electron chi connectivity index (χ0n) is 22.9. The highest BCUT2D eigenvalue weighted by Gasteiger charge is 2.22. The van der Waals surface area contributed by atoms with Gasteiger partial charge in [-0.3, -0.25) is 0 Å². The highest BCUT2D eigenvalue weighted by molar-refractivity contribution is 9.10. The molecule has 0 saturated carbocycles. The number of pyridine rings is 2. The molecule has 1 unspecified atom stereocenters. The molecule has 11 heteroatoms. The molecule has 1 N–H and O–H groups in total. The molecule has 0 spiro atoms. The molecule has 41 heavy (non-hydrogen) atoms. The number of ether oxygens (including phenoxy) is 4. The number of rotatable bonds is 8. The van der Waals surface area contributed by atoms with Gasteiger partial charge in [0.25, 0.3) is 0 Å². The van der Waals surface area contributed by atoms with Crippen LogP contribution in [0.3, 0.4) is 0 Å². The Morgan fingerprint density at radius 1 is 1.10 bits per heavy atom. The van der Waals surface area contributed by atoms with Gasteiger partial charge in [-0.05, 0) is 71.9 Å². The first-order valence-electron chi connectivity index (χ1n) is 13.3. The van der Waals surface area contributed by atoms with Crippen LogP contribution in [0.25, 0.3) is 21.7 Å². The van der Waals surface area contributed by atoms with E-state index in [1.807, 2.05) is 42.1 Å². The van der Waals surface area contributed by atoms with Gasteiger partial charge in [0.2, 0.25) is 5.88 Å². The highest BCUT2D eigenvalue weighted by atomic mass is 79.9. The van der Waals surface area contributed by atoms with Crippen LogP contribution >= 0.6 is 27.5 Å². The van der Waals surface area contributed by atoms with Crippen molar-refractivity contribution in [3.63, 3.8) is 0 Å². The molecule has 1 aliphatic heterocycles. The average molecular weight is 639 g/mol. The van der Waals surface area contributed by atoms with Gasteiger partial charge >= 0.3 is 0 Å². The number of hydrogen-bond acceptors (Lipinski definition) is 8. The Balaban J connectivity index is 1.41. The molecule has 9 nitrogen and oxygen atoms in total. The van der Waals surface area contributed by atoms with Crippen LogP contribution in [0.2, 0.25) is 5.15 Å². The maximum absolute atomic E-state index is 6.61. The first-order valence-corrected chi connectivity index (χ1v) is 14.5. The fourth-order valence-corrected chi connectivity index (χ4v) is 5.73. The van der Waals surface area contributed by atoms with Crippen molar-refractivity contribution in [2.45, 2.75) is 39.0 Å². The summed E-state index contributed by atoms with van der Waals surface area (Å²) in [4.78, 5) is 9.28. The fraction of sp³-hybridized carbons (Fsp3) is 0.300. The van der Waals surface area contributed by atoms with Gasteiger partial charge < -0.3 is 24.3 Å². The van der Waals surface area contributed by atoms with E-state index in [4.69, 9.17) is 30.5 Å². The van der Waals surface area contributed by atoms with Crippen molar-refractivity contribution >= 4 is 55.0 Å². The Hall–Kier alpha value is -3.60. The third-order valence-corrected chi connectivity index (χ3v) is 8.08. The summed E-state index contributed by atoms with van der Waals surface area (Å²) in [6, 6.07) is 11.6. The molecule has 1 fully saturated rings. The van der Waals surface area contributed by atoms with Crippen molar-refractivity contribution in [2.75, 3.05) is 26.1 Å². The van der Waals surface area contributed by atoms with Gasteiger partial charge in [0.05, 0.1) is 36.7 Å². The first-order chi connectivity index (χ1) is 20.0. The number of methoxy groups -OCH3 is 2. The molecule has 6 rings (SSSR count). The molecule has 1 aliphatic rings. The topological polar surface area (TPSA) is 92.6 Å². The van der Waals surface area contributed by atoms with E-state index in [1.165, 1.54) is 0 Å². The molecule has 1 saturated heterocycles. The van der Waals surface area contributed by atoms with Gasteiger partial charge in [0.15, 0.2) is 6.23 Å². The van der Waals surface area contributed by atoms with E-state index in [9.17, 15) is 0 Å². The van der Waals surface area contributed by atoms with Crippen LogP contribution in [0.15, 0.2) is 53.3 Å². The maximum Gasteiger partial charge on any atom is 0.232 e. The molecule has 2 aromatic carbocycles. The number of hydrogen-bond donors (Lipinski definition) is 1. The van der Waals surface area contributed by atoms with E-state index in [0.29, 0.717) is 40.3 Å². The van der Waals surface area contributed by atoms with E-state index in [0.717, 1.165) is 63.5 Å². The normalized spacial score (nSPS) is 15.3. The first kappa shape index (κ1) is 27.6. The number of benzene rings is 2. The lowest BCUT2D eigenvalue weighted by molar-refractivity contribution is -0.0366. The Morgan fingerprint density at radius 2 is 1.98 bits per heavy atom. The second-order valence-electron chi connectivity index (χ2n) is 9.82. The highest BCUT2D eigenvalue weighted by Crippen LogP contribution is 2.41. The fourth-order valence-electron chi connectivity index (χ4n) is 5.13. The number of aryl methyl sites for hydroxylation is 1. The summed E-state index contributed by atoms with van der Waals surface area (Å²) in [5.74, 6) is 3.01. The van der Waals surface area contributed by atoms with E-state index < -0.39 is 0 Å². The van der Waals surface area contributed by atoms with Gasteiger partial charge in [0.1, 0.15) is 28.2 Å². The minimum absolute atomic E-state index is 0.0900. The third kappa shape index (κ3) is 5.39. The monoisotopic (exact) mass is 637 g/mol. The van der Waals surface area contributed by atoms with Crippen molar-refractivity contribution < 1.29 is 18.9 Å². The Morgan fingerprint density at radius 3 is 2.76 bits per heavy atom. The second kappa shape index (κ2) is 11.7. The van der Waals surface area contributed by atoms with Gasteiger partial charge in [-0.25, -0.2) is 14.6 Å². The number of nitrogens with one attached hydrogen (secondary N) is 1. The van der Waals surface area contributed by atoms with Crippen molar-refractivity contribution in [2.24, 2.45) is 0 Å². The third-order valence-electron chi connectivity index (χ3n) is 7.25. The van der Waals surface area contributed by atoms with E-state index >= 15 is 0 Å². The van der Waals surface area contributed by atoms with Crippen molar-refractivity contribution in [3.8, 4) is 23.1 Å². The van der Waals surface area contributed by atoms with E-state index in [-0.39, 0.29) is 6.23 Å². The number of fused-ring (bicyclic) bond motifs is 2. The van der Waals surface area contributed by atoms with Gasteiger partial charge in [0, 0.05) is 40.8 Å². The molecule has 1 atom stereocenters. The predicted octanol–water partition coefficient (Wildman–Crippen LogP) is 7.82. The standard InChI is InChI=1S/C30H29BrClN5O4/c1-17-7-10-23-21(15-35-37(23)26-6-4-5-11-40-26)28(17)41-30-27-20(13-25(32)36-30)22(31)16-34-29(27)33-14-18-8-9-19(38-2)12-24(18)39-3/h7-10,12-13,15-16,26H,4-6,11,14H2,1-3H3,(H,33,34). The molecule has 0 amide bonds. The second-order valence-corrected chi connectivity index (χ2v) is 11.1. The average Bonchev–Trinajstić information content (AvgIpc) is 3.43. The molecule has 4 heterocycles. The summed E-state index contributed by atoms with van der Waals surface area (Å²) in [7, 11) is 3.26. The van der Waals surface area contributed by atoms with Crippen LogP contribution in [0, 0.1) is 6.92 Å². The Labute approximate surface area is 250 Å². The zero-order chi connectivity index (χ0) is 28.5. The number of nitrogens with zero attached hydrogens (tertiary/aromatic N) is 4. The van der Waals surface area contributed by atoms with Crippen LogP contribution in [0.1, 0.15) is 36.6 Å². The molecule has 3 aromatic heterocycles. The van der Waals surface area contributed by atoms with Crippen LogP contribution in [-0.2, 0) is 11.3 Å². The lowest BCUT2D eigenvalue weighted by atomic mass is 10.1. The molecular weight excluding hydrogens is 610 g/mol. The molecule has 0 bridgehead atoms. The quantitative estimate of drug-likeness (QED) is 0.172. The zero-order valence-corrected chi connectivity index (χ0v) is 25.3. The summed E-state index contributed by atoms with van der Waals surface area (Å²) in [5.41, 5.74) is 2.82. The summed E-state index contributed by atoms with van der Waals surface area (Å²) in [6.45, 7) is 3.18. The lowest BCUT2D eigenvalue weighted by Gasteiger charge is -2.23. The van der Waals surface area contributed by atoms with Crippen molar-refractivity contribution in [1.82, 2.24) is 19.7 Å². The maximum atomic E-state index is 6.61. The summed E-state index contributed by atoms with van der Waals surface area (Å²) >= 11 is 10.1. The van der Waals surface area contributed by atoms with Crippen LogP contribution in [-0.4, -0.2) is 40.6 Å². The van der Waals surface area contributed by atoms with Gasteiger partial charge in [-0.1, -0.05) is 17.7 Å². The summed E-state index contributed by atoms with van der Waals surface area (Å²) in [5, 5.41) is 10.8. The van der Waals surface area contributed by atoms with Crippen molar-refractivity contribution in [3.05, 3.63) is 69.5 Å². The molecule has 0 aliphatic carbocycles. The smallest absolute Gasteiger partial charge is 0.232 e. The largest absolute Gasteiger partial charge is 0.497 e. The Kier molecular flexibility index (Phi) is 7.88. The summed E-state index contributed by atoms with van der Waals surface area (Å²) in [6.07, 6.45) is 6.58. The van der Waals surface area contributed by atoms with Gasteiger partial charge in [-0.15, -0.1) is 0 Å². The lowest BCUT2D eigenvalue weighted by Crippen LogP contribution is -2.18. The van der Waals surface area contributed by atoms with Crippen LogP contribution in [0.4, 0.5) is 5.82 Å². The van der Waals surface area contributed by atoms with Crippen molar-refractivity contribution in [1.29, 1.82) is 0 Å². The summed E-state index contributed by atoms with van der Waals surface area (Å²) < 4.78 is 26.2. The number of aromatic nitrogens is 4. The SMILES string of the molecule is COc1ccc(CNc2ncc(Br)c3cc(Cl)nc(Oc4c(C)ccc5c4cnn5C4CCCCO4)c23)c(OC)c1. The number of halogens is 2. The molecular formula is C30H29BrClN5O4. The van der Waals surface area contributed by atoms with E-state index in [1.54, 1.807) is 26.5 Å². The van der Waals surface area contributed by atoms with Gasteiger partial charge in [-0.2, -0.15) is 5.10 Å². The Bertz CT molecular complexity index is 1740. The van der Waals surface area contributed by atoms with Crippen LogP contribution in [0.5, 0.6) is 23.1 Å². The molecule has 0 radical (unpaired) electrons. The predicted molar refractivity (Wildman–Crippen MR) is 163 cm³/mol. The minimum atomic E-state index is -0.0900. The number of anilines is 1. The molecule has 212 valence electrons. The minimum Gasteiger partial charge on any atom is -0.497 e. The van der Waals surface area contributed by atoms with E-state index in [2.05, 4.69) is 42.4 Å². The van der Waals surface area contributed by atoms with Crippen LogP contribution < -0.4 is 19.5 Å². The molecule has 5 aromatic rings.